The van der Waals surface area contributed by atoms with Gasteiger partial charge in [0, 0.05) is 11.6 Å². The smallest absolute Gasteiger partial charge is 0.329 e. The van der Waals surface area contributed by atoms with Gasteiger partial charge in [-0.15, -0.1) is 0 Å². The van der Waals surface area contributed by atoms with Crippen molar-refractivity contribution in [3.63, 3.8) is 0 Å². The molecule has 110 valence electrons. The molecule has 1 unspecified atom stereocenters. The molecule has 0 amide bonds. The van der Waals surface area contributed by atoms with Gasteiger partial charge in [-0.2, -0.15) is 0 Å². The predicted octanol–water partition coefficient (Wildman–Crippen LogP) is 2.91. The molecule has 1 aliphatic rings. The zero-order valence-electron chi connectivity index (χ0n) is 12.1. The quantitative estimate of drug-likeness (QED) is 0.884. The number of hydrogen-bond acceptors (Lipinski definition) is 4. The number of pyridine rings is 1. The van der Waals surface area contributed by atoms with Gasteiger partial charge in [0.1, 0.15) is 17.1 Å². The second kappa shape index (κ2) is 4.91. The number of aromatic nitrogens is 1. The summed E-state index contributed by atoms with van der Waals surface area (Å²) in [6.07, 6.45) is 3.56. The molecule has 0 radical (unpaired) electrons. The number of carboxylic acid groups (broad SMARTS) is 1. The van der Waals surface area contributed by atoms with E-state index in [2.05, 4.69) is 10.3 Å². The number of hydrogen-bond donors (Lipinski definition) is 2. The van der Waals surface area contributed by atoms with E-state index in [4.69, 9.17) is 4.74 Å². The molecule has 0 saturated heterocycles. The Hall–Kier alpha value is -2.30. The highest BCUT2D eigenvalue weighted by molar-refractivity contribution is 5.95. The summed E-state index contributed by atoms with van der Waals surface area (Å²) in [5.74, 6) is 0.692. The Bertz CT molecular complexity index is 697. The van der Waals surface area contributed by atoms with E-state index in [1.807, 2.05) is 24.3 Å². The summed E-state index contributed by atoms with van der Waals surface area (Å²) >= 11 is 0. The van der Waals surface area contributed by atoms with Crippen molar-refractivity contribution in [2.24, 2.45) is 5.92 Å². The fraction of sp³-hybridized carbons (Fsp3) is 0.375. The molecule has 1 aromatic carbocycles. The first-order chi connectivity index (χ1) is 10.0. The zero-order valence-corrected chi connectivity index (χ0v) is 12.1. The second-order valence-electron chi connectivity index (χ2n) is 5.65. The van der Waals surface area contributed by atoms with Gasteiger partial charge >= 0.3 is 5.97 Å². The Labute approximate surface area is 123 Å². The topological polar surface area (TPSA) is 71.5 Å². The number of carbonyl (C=O) groups is 1. The predicted molar refractivity (Wildman–Crippen MR) is 80.7 cm³/mol. The highest BCUT2D eigenvalue weighted by Gasteiger charge is 2.48. The van der Waals surface area contributed by atoms with E-state index in [0.717, 1.165) is 29.4 Å². The van der Waals surface area contributed by atoms with Gasteiger partial charge in [0.05, 0.1) is 7.11 Å². The molecule has 1 aromatic heterocycles. The molecule has 3 rings (SSSR count). The molecular formula is C16H18N2O3. The molecule has 21 heavy (non-hydrogen) atoms. The maximum atomic E-state index is 11.6. The summed E-state index contributed by atoms with van der Waals surface area (Å²) in [4.78, 5) is 16.0. The van der Waals surface area contributed by atoms with Crippen molar-refractivity contribution < 1.29 is 14.6 Å². The summed E-state index contributed by atoms with van der Waals surface area (Å²) in [5, 5.41) is 14.6. The third-order valence-electron chi connectivity index (χ3n) is 4.19. The first kappa shape index (κ1) is 13.7. The SMILES string of the molecule is COc1ccc2c(NC(C)(C(=O)O)C3CC3)nccc2c1. The van der Waals surface area contributed by atoms with Crippen LogP contribution < -0.4 is 10.1 Å². The van der Waals surface area contributed by atoms with Crippen LogP contribution in [0.4, 0.5) is 5.82 Å². The van der Waals surface area contributed by atoms with E-state index in [0.29, 0.717) is 5.82 Å². The molecule has 0 spiro atoms. The summed E-state index contributed by atoms with van der Waals surface area (Å²) in [5.41, 5.74) is -0.971. The van der Waals surface area contributed by atoms with Crippen LogP contribution in [0.1, 0.15) is 19.8 Å². The highest BCUT2D eigenvalue weighted by Crippen LogP contribution is 2.42. The summed E-state index contributed by atoms with van der Waals surface area (Å²) < 4.78 is 5.21. The number of methoxy groups -OCH3 is 1. The molecule has 1 saturated carbocycles. The molecule has 0 bridgehead atoms. The number of benzene rings is 1. The Morgan fingerprint density at radius 1 is 1.43 bits per heavy atom. The van der Waals surface area contributed by atoms with Crippen LogP contribution in [0.5, 0.6) is 5.75 Å². The molecule has 2 N–H and O–H groups in total. The van der Waals surface area contributed by atoms with Crippen LogP contribution in [0.2, 0.25) is 0 Å². The molecule has 1 heterocycles. The summed E-state index contributed by atoms with van der Waals surface area (Å²) in [7, 11) is 1.62. The summed E-state index contributed by atoms with van der Waals surface area (Å²) in [6, 6.07) is 7.55. The minimum Gasteiger partial charge on any atom is -0.497 e. The minimum atomic E-state index is -0.971. The lowest BCUT2D eigenvalue weighted by Gasteiger charge is -2.27. The van der Waals surface area contributed by atoms with Gasteiger partial charge in [-0.25, -0.2) is 9.78 Å². The van der Waals surface area contributed by atoms with E-state index < -0.39 is 11.5 Å². The van der Waals surface area contributed by atoms with Gasteiger partial charge in [0.15, 0.2) is 0 Å². The molecule has 1 aliphatic carbocycles. The average molecular weight is 286 g/mol. The third kappa shape index (κ3) is 2.39. The van der Waals surface area contributed by atoms with Crippen molar-refractivity contribution >= 4 is 22.6 Å². The van der Waals surface area contributed by atoms with Crippen LogP contribution in [0.15, 0.2) is 30.5 Å². The van der Waals surface area contributed by atoms with Gasteiger partial charge < -0.3 is 15.2 Å². The fourth-order valence-electron chi connectivity index (χ4n) is 2.62. The van der Waals surface area contributed by atoms with Crippen molar-refractivity contribution in [3.8, 4) is 5.75 Å². The molecule has 5 nitrogen and oxygen atoms in total. The zero-order chi connectivity index (χ0) is 15.0. The van der Waals surface area contributed by atoms with Gasteiger partial charge in [-0.3, -0.25) is 0 Å². The van der Waals surface area contributed by atoms with E-state index >= 15 is 0 Å². The number of anilines is 1. The Morgan fingerprint density at radius 2 is 2.19 bits per heavy atom. The van der Waals surface area contributed by atoms with Crippen molar-refractivity contribution in [1.82, 2.24) is 4.98 Å². The first-order valence-electron chi connectivity index (χ1n) is 6.99. The first-order valence-corrected chi connectivity index (χ1v) is 6.99. The number of nitrogens with one attached hydrogen (secondary N) is 1. The van der Waals surface area contributed by atoms with Crippen molar-refractivity contribution in [1.29, 1.82) is 0 Å². The van der Waals surface area contributed by atoms with E-state index in [9.17, 15) is 9.90 Å². The van der Waals surface area contributed by atoms with E-state index in [-0.39, 0.29) is 5.92 Å². The summed E-state index contributed by atoms with van der Waals surface area (Å²) in [6.45, 7) is 1.73. The van der Waals surface area contributed by atoms with Crippen LogP contribution in [0.3, 0.4) is 0 Å². The van der Waals surface area contributed by atoms with Crippen LogP contribution >= 0.6 is 0 Å². The molecular weight excluding hydrogens is 268 g/mol. The monoisotopic (exact) mass is 286 g/mol. The van der Waals surface area contributed by atoms with Crippen LogP contribution in [0, 0.1) is 5.92 Å². The number of nitrogens with zero attached hydrogens (tertiary/aromatic N) is 1. The van der Waals surface area contributed by atoms with Crippen molar-refractivity contribution in [2.45, 2.75) is 25.3 Å². The van der Waals surface area contributed by atoms with Crippen molar-refractivity contribution in [3.05, 3.63) is 30.5 Å². The van der Waals surface area contributed by atoms with Crippen molar-refractivity contribution in [2.75, 3.05) is 12.4 Å². The van der Waals surface area contributed by atoms with E-state index in [1.54, 1.807) is 20.2 Å². The molecule has 1 atom stereocenters. The lowest BCUT2D eigenvalue weighted by molar-refractivity contribution is -0.142. The maximum Gasteiger partial charge on any atom is 0.329 e. The number of ether oxygens (including phenoxy) is 1. The number of carboxylic acids is 1. The lowest BCUT2D eigenvalue weighted by atomic mass is 9.95. The number of aliphatic carboxylic acids is 1. The number of rotatable bonds is 5. The lowest BCUT2D eigenvalue weighted by Crippen LogP contribution is -2.45. The fourth-order valence-corrected chi connectivity index (χ4v) is 2.62. The largest absolute Gasteiger partial charge is 0.497 e. The molecule has 1 fully saturated rings. The van der Waals surface area contributed by atoms with Gasteiger partial charge in [-0.05, 0) is 55.3 Å². The third-order valence-corrected chi connectivity index (χ3v) is 4.19. The normalized spacial score (nSPS) is 17.2. The molecule has 2 aromatic rings. The van der Waals surface area contributed by atoms with E-state index in [1.165, 1.54) is 0 Å². The highest BCUT2D eigenvalue weighted by atomic mass is 16.5. The average Bonchev–Trinajstić information content (AvgIpc) is 3.31. The van der Waals surface area contributed by atoms with Gasteiger partial charge in [0.2, 0.25) is 0 Å². The molecule has 5 heteroatoms. The number of fused-ring (bicyclic) bond motifs is 1. The minimum absolute atomic E-state index is 0.158. The standard InChI is InChI=1S/C16H18N2O3/c1-16(15(19)20,11-3-4-11)18-14-13-6-5-12(21-2)9-10(13)7-8-17-14/h5-9,11H,3-4H2,1-2H3,(H,17,18)(H,19,20). The maximum absolute atomic E-state index is 11.6. The van der Waals surface area contributed by atoms with Crippen LogP contribution in [0.25, 0.3) is 10.8 Å². The Balaban J connectivity index is 2.02. The van der Waals surface area contributed by atoms with Crippen LogP contribution in [-0.2, 0) is 4.79 Å². The second-order valence-corrected chi connectivity index (χ2v) is 5.65. The van der Waals surface area contributed by atoms with Gasteiger partial charge in [-0.1, -0.05) is 0 Å². The van der Waals surface area contributed by atoms with Gasteiger partial charge in [0.25, 0.3) is 0 Å². The van der Waals surface area contributed by atoms with Crippen LogP contribution in [-0.4, -0.2) is 28.7 Å². The Kier molecular flexibility index (Phi) is 3.20. The molecule has 0 aliphatic heterocycles. The Morgan fingerprint density at radius 3 is 2.81 bits per heavy atom.